The quantitative estimate of drug-likeness (QED) is 0.725. The van der Waals surface area contributed by atoms with Gasteiger partial charge in [0.2, 0.25) is 0 Å². The van der Waals surface area contributed by atoms with Gasteiger partial charge in [-0.05, 0) is 19.9 Å². The van der Waals surface area contributed by atoms with Gasteiger partial charge in [-0.25, -0.2) is 0 Å². The number of aryl methyl sites for hydroxylation is 1. The third-order valence-electron chi connectivity index (χ3n) is 1.58. The smallest absolute Gasteiger partial charge is 0.290 e. The van der Waals surface area contributed by atoms with Crippen LogP contribution in [0, 0.1) is 6.92 Å². The first-order valence-electron chi connectivity index (χ1n) is 4.91. The molecule has 0 unspecified atom stereocenters. The number of carboxylic acid groups (broad SMARTS) is 1. The van der Waals surface area contributed by atoms with Gasteiger partial charge in [-0.15, -0.1) is 0 Å². The van der Waals surface area contributed by atoms with Crippen LogP contribution in [0.25, 0.3) is 0 Å². The average molecular weight is 213 g/mol. The van der Waals surface area contributed by atoms with Gasteiger partial charge < -0.3 is 9.67 Å². The number of aromatic nitrogens is 1. The molecule has 0 spiro atoms. The van der Waals surface area contributed by atoms with Crippen LogP contribution >= 0.6 is 0 Å². The fraction of sp³-hybridized carbons (Fsp3) is 0.455. The van der Waals surface area contributed by atoms with E-state index in [2.05, 4.69) is 0 Å². The van der Waals surface area contributed by atoms with E-state index in [1.165, 1.54) is 0 Å². The van der Waals surface area contributed by atoms with Gasteiger partial charge in [0.25, 0.3) is 12.0 Å². The second-order valence-electron chi connectivity index (χ2n) is 2.36. The average Bonchev–Trinajstić information content (AvgIpc) is 2.22. The Morgan fingerprint density at radius 3 is 2.13 bits per heavy atom. The summed E-state index contributed by atoms with van der Waals surface area (Å²) in [5.74, 6) is 0. The summed E-state index contributed by atoms with van der Waals surface area (Å²) < 4.78 is 1.74. The topological polar surface area (TPSA) is 59.3 Å². The number of rotatable bonds is 1. The molecule has 0 saturated heterocycles. The first-order chi connectivity index (χ1) is 7.17. The Labute approximate surface area is 90.2 Å². The first-order valence-corrected chi connectivity index (χ1v) is 4.91. The minimum atomic E-state index is -0.250. The Bertz CT molecular complexity index is 318. The Morgan fingerprint density at radius 1 is 1.40 bits per heavy atom. The van der Waals surface area contributed by atoms with Crippen LogP contribution in [0.15, 0.2) is 23.0 Å². The third-order valence-corrected chi connectivity index (χ3v) is 1.58. The molecule has 1 N–H and O–H groups in total. The largest absolute Gasteiger partial charge is 0.483 e. The van der Waals surface area contributed by atoms with Gasteiger partial charge in [0.15, 0.2) is 0 Å². The summed E-state index contributed by atoms with van der Waals surface area (Å²) in [7, 11) is 0. The summed E-state index contributed by atoms with van der Waals surface area (Å²) in [6, 6.07) is 5.30. The fourth-order valence-electron chi connectivity index (χ4n) is 1.03. The lowest BCUT2D eigenvalue weighted by atomic mass is 10.3. The lowest BCUT2D eigenvalue weighted by molar-refractivity contribution is -0.122. The molecule has 0 bridgehead atoms. The van der Waals surface area contributed by atoms with Crippen molar-refractivity contribution in [3.63, 3.8) is 0 Å². The zero-order valence-corrected chi connectivity index (χ0v) is 9.73. The van der Waals surface area contributed by atoms with E-state index < -0.39 is 0 Å². The second-order valence-corrected chi connectivity index (χ2v) is 2.36. The van der Waals surface area contributed by atoms with Gasteiger partial charge in [0, 0.05) is 18.3 Å². The maximum absolute atomic E-state index is 11.0. The highest BCUT2D eigenvalue weighted by Crippen LogP contribution is 1.91. The van der Waals surface area contributed by atoms with E-state index in [0.29, 0.717) is 0 Å². The summed E-state index contributed by atoms with van der Waals surface area (Å²) in [6.07, 6.45) is 0. The molecule has 1 aromatic rings. The highest BCUT2D eigenvalue weighted by molar-refractivity contribution is 5.32. The molecule has 1 aromatic heterocycles. The minimum absolute atomic E-state index is 0.0856. The van der Waals surface area contributed by atoms with Gasteiger partial charge in [-0.1, -0.05) is 19.9 Å². The highest BCUT2D eigenvalue weighted by atomic mass is 16.3. The monoisotopic (exact) mass is 213 g/mol. The molecule has 1 rings (SSSR count). The summed E-state index contributed by atoms with van der Waals surface area (Å²) in [6.45, 7) is 8.41. The molecule has 0 aliphatic rings. The molecule has 0 atom stereocenters. The molecule has 0 radical (unpaired) electrons. The van der Waals surface area contributed by atoms with E-state index >= 15 is 0 Å². The molecular formula is C11H19NO3. The highest BCUT2D eigenvalue weighted by Gasteiger charge is 1.92. The maximum Gasteiger partial charge on any atom is 0.290 e. The van der Waals surface area contributed by atoms with E-state index in [1.54, 1.807) is 16.7 Å². The molecule has 86 valence electrons. The SMILES string of the molecule is CC.CCn1c(C)cccc1=O.O=CO. The molecule has 15 heavy (non-hydrogen) atoms. The number of hydrogen-bond donors (Lipinski definition) is 1. The van der Waals surface area contributed by atoms with Gasteiger partial charge in [0.1, 0.15) is 0 Å². The molecule has 0 saturated carbocycles. The molecule has 0 aliphatic heterocycles. The number of nitrogens with zero attached hydrogens (tertiary/aromatic N) is 1. The molecule has 0 amide bonds. The third kappa shape index (κ3) is 6.49. The molecule has 4 heteroatoms. The van der Waals surface area contributed by atoms with Crippen LogP contribution in [0.1, 0.15) is 26.5 Å². The number of carbonyl (C=O) groups is 1. The summed E-state index contributed by atoms with van der Waals surface area (Å²) in [4.78, 5) is 19.4. The van der Waals surface area contributed by atoms with E-state index in [9.17, 15) is 4.79 Å². The standard InChI is InChI=1S/C8H11NO.C2H6.CH2O2/c1-3-9-7(2)5-4-6-8(9)10;1-2;2-1-3/h4-6H,3H2,1-2H3;1-2H3;1H,(H,2,3). The fourth-order valence-corrected chi connectivity index (χ4v) is 1.03. The van der Waals surface area contributed by atoms with Crippen molar-refractivity contribution in [1.29, 1.82) is 0 Å². The van der Waals surface area contributed by atoms with Crippen LogP contribution in [0.3, 0.4) is 0 Å². The zero-order chi connectivity index (χ0) is 12.3. The van der Waals surface area contributed by atoms with Crippen molar-refractivity contribution in [2.45, 2.75) is 34.2 Å². The lowest BCUT2D eigenvalue weighted by Gasteiger charge is -2.03. The Hall–Kier alpha value is -1.58. The maximum atomic E-state index is 11.0. The van der Waals surface area contributed by atoms with Crippen LogP contribution < -0.4 is 5.56 Å². The normalized spacial score (nSPS) is 7.73. The number of hydrogen-bond acceptors (Lipinski definition) is 2. The molecule has 0 aliphatic carbocycles. The van der Waals surface area contributed by atoms with E-state index in [-0.39, 0.29) is 12.0 Å². The molecule has 4 nitrogen and oxygen atoms in total. The van der Waals surface area contributed by atoms with E-state index in [1.807, 2.05) is 33.8 Å². The second kappa shape index (κ2) is 10.5. The Balaban J connectivity index is 0. The van der Waals surface area contributed by atoms with Crippen LogP contribution in [0.2, 0.25) is 0 Å². The molecule has 1 heterocycles. The van der Waals surface area contributed by atoms with Crippen LogP contribution in [-0.2, 0) is 11.3 Å². The minimum Gasteiger partial charge on any atom is -0.483 e. The van der Waals surface area contributed by atoms with Gasteiger partial charge in [-0.3, -0.25) is 9.59 Å². The zero-order valence-electron chi connectivity index (χ0n) is 9.73. The van der Waals surface area contributed by atoms with Gasteiger partial charge in [-0.2, -0.15) is 0 Å². The van der Waals surface area contributed by atoms with Crippen molar-refractivity contribution >= 4 is 6.47 Å². The van der Waals surface area contributed by atoms with Crippen molar-refractivity contribution in [2.24, 2.45) is 0 Å². The Kier molecular flexibility index (Phi) is 11.1. The van der Waals surface area contributed by atoms with E-state index in [4.69, 9.17) is 9.90 Å². The van der Waals surface area contributed by atoms with Crippen molar-refractivity contribution < 1.29 is 9.90 Å². The summed E-state index contributed by atoms with van der Waals surface area (Å²) >= 11 is 0. The van der Waals surface area contributed by atoms with Crippen molar-refractivity contribution in [3.8, 4) is 0 Å². The van der Waals surface area contributed by atoms with Gasteiger partial charge in [0.05, 0.1) is 0 Å². The molecular weight excluding hydrogens is 194 g/mol. The van der Waals surface area contributed by atoms with Crippen LogP contribution in [0.4, 0.5) is 0 Å². The van der Waals surface area contributed by atoms with Crippen LogP contribution in [-0.4, -0.2) is 16.1 Å². The van der Waals surface area contributed by atoms with Crippen molar-refractivity contribution in [2.75, 3.05) is 0 Å². The van der Waals surface area contributed by atoms with Gasteiger partial charge >= 0.3 is 0 Å². The van der Waals surface area contributed by atoms with Crippen LogP contribution in [0.5, 0.6) is 0 Å². The van der Waals surface area contributed by atoms with E-state index in [0.717, 1.165) is 12.2 Å². The van der Waals surface area contributed by atoms with Crippen molar-refractivity contribution in [1.82, 2.24) is 4.57 Å². The number of pyridine rings is 1. The summed E-state index contributed by atoms with van der Waals surface area (Å²) in [5.41, 5.74) is 1.11. The first kappa shape index (κ1) is 15.9. The predicted octanol–water partition coefficient (Wildman–Crippen LogP) is 1.90. The molecule has 0 fully saturated rings. The Morgan fingerprint density at radius 2 is 1.87 bits per heavy atom. The summed E-state index contributed by atoms with van der Waals surface area (Å²) in [5, 5.41) is 6.89. The predicted molar refractivity (Wildman–Crippen MR) is 61.2 cm³/mol. The van der Waals surface area contributed by atoms with Crippen molar-refractivity contribution in [3.05, 3.63) is 34.2 Å². The molecule has 0 aromatic carbocycles. The lowest BCUT2D eigenvalue weighted by Crippen LogP contribution is -2.19.